The van der Waals surface area contributed by atoms with Crippen LogP contribution in [0.2, 0.25) is 0 Å². The third-order valence-electron chi connectivity index (χ3n) is 5.61. The van der Waals surface area contributed by atoms with Crippen LogP contribution in [0.1, 0.15) is 38.9 Å². The van der Waals surface area contributed by atoms with E-state index in [1.54, 1.807) is 12.1 Å². The summed E-state index contributed by atoms with van der Waals surface area (Å²) in [6.45, 7) is 3.00. The highest BCUT2D eigenvalue weighted by Gasteiger charge is 2.38. The van der Waals surface area contributed by atoms with Gasteiger partial charge in [-0.25, -0.2) is 4.98 Å². The molecule has 9 heteroatoms. The van der Waals surface area contributed by atoms with Crippen molar-refractivity contribution in [1.82, 2.24) is 14.9 Å². The molecule has 3 rings (SSSR count). The summed E-state index contributed by atoms with van der Waals surface area (Å²) in [5.41, 5.74) is 0.303. The van der Waals surface area contributed by atoms with Crippen molar-refractivity contribution in [2.24, 2.45) is 11.8 Å². The molecule has 2 aromatic rings. The maximum Gasteiger partial charge on any atom is 0.449 e. The molecule has 1 aromatic heterocycles. The summed E-state index contributed by atoms with van der Waals surface area (Å²) < 4.78 is 45.5. The topological polar surface area (TPSA) is 73.2 Å². The predicted octanol–water partition coefficient (Wildman–Crippen LogP) is 3.54. The maximum atomic E-state index is 13.3. The number of fused-ring (bicyclic) bond motifs is 1. The summed E-state index contributed by atoms with van der Waals surface area (Å²) in [6, 6.07) is 6.02. The minimum Gasteiger partial charge on any atom is -0.454 e. The Balaban J connectivity index is 1.62. The second-order valence-corrected chi connectivity index (χ2v) is 7.61. The first-order valence-electron chi connectivity index (χ1n) is 9.64. The summed E-state index contributed by atoms with van der Waals surface area (Å²) >= 11 is 0. The average Bonchev–Trinajstić information content (AvgIpc) is 3.03. The van der Waals surface area contributed by atoms with Gasteiger partial charge in [0.1, 0.15) is 6.54 Å². The van der Waals surface area contributed by atoms with Gasteiger partial charge in [0, 0.05) is 6.04 Å². The van der Waals surface area contributed by atoms with Crippen molar-refractivity contribution in [2.75, 3.05) is 6.61 Å². The fourth-order valence-corrected chi connectivity index (χ4v) is 3.81. The molecule has 1 N–H and O–H groups in total. The number of alkyl halides is 3. The van der Waals surface area contributed by atoms with Crippen LogP contribution in [0.4, 0.5) is 13.2 Å². The molecule has 0 bridgehead atoms. The Bertz CT molecular complexity index is 894. The molecule has 1 amide bonds. The molecular weight excluding hydrogens is 387 g/mol. The van der Waals surface area contributed by atoms with Crippen LogP contribution in [0.25, 0.3) is 11.0 Å². The van der Waals surface area contributed by atoms with Crippen molar-refractivity contribution in [1.29, 1.82) is 0 Å². The van der Waals surface area contributed by atoms with E-state index in [0.29, 0.717) is 11.8 Å². The molecule has 29 heavy (non-hydrogen) atoms. The van der Waals surface area contributed by atoms with Crippen molar-refractivity contribution < 1.29 is 27.5 Å². The zero-order chi connectivity index (χ0) is 21.2. The van der Waals surface area contributed by atoms with Crippen molar-refractivity contribution in [3.05, 3.63) is 30.1 Å². The van der Waals surface area contributed by atoms with Gasteiger partial charge in [-0.05, 0) is 30.4 Å². The van der Waals surface area contributed by atoms with Gasteiger partial charge in [-0.3, -0.25) is 9.59 Å². The molecule has 1 fully saturated rings. The lowest BCUT2D eigenvalue weighted by molar-refractivity contribution is -0.153. The number of carbonyl (C=O) groups excluding carboxylic acids is 2. The second kappa shape index (κ2) is 8.42. The van der Waals surface area contributed by atoms with Gasteiger partial charge >= 0.3 is 12.1 Å². The van der Waals surface area contributed by atoms with Gasteiger partial charge in [-0.2, -0.15) is 13.2 Å². The first-order chi connectivity index (χ1) is 13.7. The summed E-state index contributed by atoms with van der Waals surface area (Å²) in [5.74, 6) is -1.75. The van der Waals surface area contributed by atoms with Crippen LogP contribution in [0.15, 0.2) is 24.3 Å². The zero-order valence-corrected chi connectivity index (χ0v) is 16.3. The minimum atomic E-state index is -4.72. The summed E-state index contributed by atoms with van der Waals surface area (Å²) in [5, 5.41) is 2.86. The molecule has 3 atom stereocenters. The molecule has 1 heterocycles. The number of benzene rings is 1. The van der Waals surface area contributed by atoms with Crippen LogP contribution in [0.5, 0.6) is 0 Å². The normalized spacial score (nSPS) is 22.4. The maximum absolute atomic E-state index is 13.3. The number of esters is 1. The van der Waals surface area contributed by atoms with Crippen LogP contribution in [0.3, 0.4) is 0 Å². The SMILES string of the molecule is CC1CCCC(NC(=O)COC(=O)Cn2c(C(F)(F)F)nc3ccccc32)C1C. The number of hydrogen-bond acceptors (Lipinski definition) is 4. The average molecular weight is 411 g/mol. The molecule has 1 saturated carbocycles. The van der Waals surface area contributed by atoms with E-state index < -0.39 is 37.0 Å². The van der Waals surface area contributed by atoms with Gasteiger partial charge in [0.05, 0.1) is 11.0 Å². The highest BCUT2D eigenvalue weighted by Crippen LogP contribution is 2.31. The molecule has 6 nitrogen and oxygen atoms in total. The Hall–Kier alpha value is -2.58. The Morgan fingerprint density at radius 1 is 1.24 bits per heavy atom. The molecule has 0 radical (unpaired) electrons. The number of carbonyl (C=O) groups is 2. The largest absolute Gasteiger partial charge is 0.454 e. The number of hydrogen-bond donors (Lipinski definition) is 1. The standard InChI is InChI=1S/C20H24F3N3O3/c1-12-6-5-8-14(13(12)2)24-17(27)11-29-18(28)10-26-16-9-4-3-7-15(16)25-19(26)20(21,22)23/h3-4,7,9,12-14H,5-6,8,10-11H2,1-2H3,(H,24,27). The fraction of sp³-hybridized carbons (Fsp3) is 0.550. The third kappa shape index (κ3) is 4.89. The number of amides is 1. The van der Waals surface area contributed by atoms with E-state index in [-0.39, 0.29) is 17.1 Å². The molecule has 0 aliphatic heterocycles. The van der Waals surface area contributed by atoms with Crippen molar-refractivity contribution in [3.63, 3.8) is 0 Å². The van der Waals surface area contributed by atoms with E-state index >= 15 is 0 Å². The summed E-state index contributed by atoms with van der Waals surface area (Å²) in [4.78, 5) is 27.8. The Kier molecular flexibility index (Phi) is 6.14. The van der Waals surface area contributed by atoms with Crippen LogP contribution < -0.4 is 5.32 Å². The molecule has 158 valence electrons. The molecule has 1 aliphatic rings. The van der Waals surface area contributed by atoms with Gasteiger partial charge in [0.15, 0.2) is 6.61 Å². The third-order valence-corrected chi connectivity index (χ3v) is 5.61. The summed E-state index contributed by atoms with van der Waals surface area (Å²) in [7, 11) is 0. The van der Waals surface area contributed by atoms with Gasteiger partial charge < -0.3 is 14.6 Å². The van der Waals surface area contributed by atoms with E-state index in [9.17, 15) is 22.8 Å². The summed E-state index contributed by atoms with van der Waals surface area (Å²) in [6.07, 6.45) is -1.72. The lowest BCUT2D eigenvalue weighted by atomic mass is 9.78. The highest BCUT2D eigenvalue weighted by atomic mass is 19.4. The number of nitrogens with zero attached hydrogens (tertiary/aromatic N) is 2. The van der Waals surface area contributed by atoms with Crippen molar-refractivity contribution in [3.8, 4) is 0 Å². The highest BCUT2D eigenvalue weighted by molar-refractivity contribution is 5.82. The Labute approximate surface area is 166 Å². The van der Waals surface area contributed by atoms with Crippen LogP contribution in [-0.4, -0.2) is 34.1 Å². The molecule has 1 aliphatic carbocycles. The first-order valence-corrected chi connectivity index (χ1v) is 9.64. The lowest BCUT2D eigenvalue weighted by Crippen LogP contribution is -2.45. The van der Waals surface area contributed by atoms with Gasteiger partial charge in [0.25, 0.3) is 5.91 Å². The number of rotatable bonds is 5. The number of halogens is 3. The fourth-order valence-electron chi connectivity index (χ4n) is 3.81. The number of para-hydroxylation sites is 2. The van der Waals surface area contributed by atoms with Crippen LogP contribution in [0, 0.1) is 11.8 Å². The number of nitrogens with one attached hydrogen (secondary N) is 1. The number of aromatic nitrogens is 2. The van der Waals surface area contributed by atoms with Gasteiger partial charge in [0.2, 0.25) is 5.82 Å². The lowest BCUT2D eigenvalue weighted by Gasteiger charge is -2.34. The van der Waals surface area contributed by atoms with E-state index in [1.165, 1.54) is 12.1 Å². The van der Waals surface area contributed by atoms with Gasteiger partial charge in [-0.1, -0.05) is 38.8 Å². The quantitative estimate of drug-likeness (QED) is 0.764. The molecule has 0 spiro atoms. The van der Waals surface area contributed by atoms with Crippen molar-refractivity contribution >= 4 is 22.9 Å². The van der Waals surface area contributed by atoms with Crippen LogP contribution in [-0.2, 0) is 27.0 Å². The first kappa shape index (κ1) is 21.1. The van der Waals surface area contributed by atoms with Gasteiger partial charge in [-0.15, -0.1) is 0 Å². The van der Waals surface area contributed by atoms with Crippen LogP contribution >= 0.6 is 0 Å². The van der Waals surface area contributed by atoms with Crippen molar-refractivity contribution in [2.45, 2.75) is 51.9 Å². The monoisotopic (exact) mass is 411 g/mol. The minimum absolute atomic E-state index is 0.0133. The molecule has 3 unspecified atom stereocenters. The molecule has 1 aromatic carbocycles. The van der Waals surface area contributed by atoms with E-state index in [4.69, 9.17) is 4.74 Å². The molecular formula is C20H24F3N3O3. The van der Waals surface area contributed by atoms with E-state index in [1.807, 2.05) is 0 Å². The number of ether oxygens (including phenoxy) is 1. The second-order valence-electron chi connectivity index (χ2n) is 7.61. The van der Waals surface area contributed by atoms with E-state index in [2.05, 4.69) is 24.1 Å². The Morgan fingerprint density at radius 2 is 1.97 bits per heavy atom. The molecule has 0 saturated heterocycles. The number of imidazole rings is 1. The predicted molar refractivity (Wildman–Crippen MR) is 99.8 cm³/mol. The zero-order valence-electron chi connectivity index (χ0n) is 16.3. The Morgan fingerprint density at radius 3 is 2.69 bits per heavy atom. The smallest absolute Gasteiger partial charge is 0.449 e. The van der Waals surface area contributed by atoms with E-state index in [0.717, 1.165) is 23.8 Å².